The largest absolute Gasteiger partial charge is 0.293 e. The maximum absolute atomic E-state index is 12.2. The van der Waals surface area contributed by atoms with Gasteiger partial charge in [-0.15, -0.1) is 11.3 Å². The molecule has 1 aromatic heterocycles. The van der Waals surface area contributed by atoms with E-state index in [2.05, 4.69) is 11.0 Å². The van der Waals surface area contributed by atoms with Gasteiger partial charge in [-0.1, -0.05) is 17.7 Å². The Bertz CT molecular complexity index is 726. The molecule has 1 atom stereocenters. The van der Waals surface area contributed by atoms with Gasteiger partial charge in [-0.25, -0.2) is 8.42 Å². The summed E-state index contributed by atoms with van der Waals surface area (Å²) in [5, 5.41) is 2.61. The minimum absolute atomic E-state index is 0.129. The fraction of sp³-hybridized carbons (Fsp3) is 0.286. The lowest BCUT2D eigenvalue weighted by atomic mass is 10.1. The molecule has 0 saturated heterocycles. The van der Waals surface area contributed by atoms with Crippen LogP contribution in [0.1, 0.15) is 16.5 Å². The molecule has 20 heavy (non-hydrogen) atoms. The van der Waals surface area contributed by atoms with E-state index < -0.39 is 9.84 Å². The summed E-state index contributed by atoms with van der Waals surface area (Å²) in [4.78, 5) is 3.72. The number of halogens is 1. The monoisotopic (exact) mass is 327 g/mol. The Morgan fingerprint density at radius 1 is 1.40 bits per heavy atom. The number of hydrogen-bond donors (Lipinski definition) is 0. The molecule has 1 aromatic carbocycles. The molecular weight excluding hydrogens is 314 g/mol. The molecule has 3 rings (SSSR count). The van der Waals surface area contributed by atoms with E-state index in [1.807, 2.05) is 18.5 Å². The third-order valence-electron chi connectivity index (χ3n) is 3.56. The highest BCUT2D eigenvalue weighted by molar-refractivity contribution is 7.91. The molecule has 0 aliphatic carbocycles. The van der Waals surface area contributed by atoms with Crippen LogP contribution in [0.3, 0.4) is 0 Å². The average Bonchev–Trinajstić information content (AvgIpc) is 2.96. The van der Waals surface area contributed by atoms with Crippen LogP contribution in [-0.2, 0) is 16.4 Å². The summed E-state index contributed by atoms with van der Waals surface area (Å²) in [6.07, 6.45) is 0. The predicted octanol–water partition coefficient (Wildman–Crippen LogP) is 3.36. The number of benzene rings is 1. The number of rotatable bonds is 3. The molecule has 0 amide bonds. The first-order chi connectivity index (χ1) is 9.47. The van der Waals surface area contributed by atoms with Crippen LogP contribution < -0.4 is 0 Å². The van der Waals surface area contributed by atoms with Crippen LogP contribution in [0.15, 0.2) is 40.6 Å². The van der Waals surface area contributed by atoms with Crippen molar-refractivity contribution in [3.05, 3.63) is 51.2 Å². The van der Waals surface area contributed by atoms with E-state index in [1.54, 1.807) is 29.5 Å². The normalized spacial score (nSPS) is 20.2. The van der Waals surface area contributed by atoms with E-state index in [0.717, 1.165) is 12.1 Å². The second-order valence-corrected chi connectivity index (χ2v) is 8.45. The standard InChI is InChI=1S/C14H14ClNO2S2/c1-16(8-11-3-2-6-19-11)13-9-20(17,18)14-5-4-10(15)7-12(13)14/h2-7,13H,8-9H2,1H3/t13-/m1/s1. The molecule has 0 bridgehead atoms. The molecular formula is C14H14ClNO2S2. The molecule has 3 nitrogen and oxygen atoms in total. The summed E-state index contributed by atoms with van der Waals surface area (Å²) >= 11 is 7.70. The Hall–Kier alpha value is -0.880. The Morgan fingerprint density at radius 2 is 2.20 bits per heavy atom. The number of nitrogens with zero attached hydrogens (tertiary/aromatic N) is 1. The lowest BCUT2D eigenvalue weighted by molar-refractivity contribution is 0.259. The molecule has 0 N–H and O–H groups in total. The number of hydrogen-bond acceptors (Lipinski definition) is 4. The van der Waals surface area contributed by atoms with Crippen LogP contribution in [0.2, 0.25) is 5.02 Å². The topological polar surface area (TPSA) is 37.4 Å². The van der Waals surface area contributed by atoms with E-state index in [1.165, 1.54) is 4.88 Å². The van der Waals surface area contributed by atoms with E-state index in [4.69, 9.17) is 11.6 Å². The van der Waals surface area contributed by atoms with E-state index in [0.29, 0.717) is 9.92 Å². The van der Waals surface area contributed by atoms with Gasteiger partial charge in [0, 0.05) is 16.4 Å². The molecule has 0 unspecified atom stereocenters. The van der Waals surface area contributed by atoms with Crippen molar-refractivity contribution in [3.63, 3.8) is 0 Å². The van der Waals surface area contributed by atoms with Gasteiger partial charge in [-0.3, -0.25) is 4.90 Å². The Labute approximate surface area is 127 Å². The summed E-state index contributed by atoms with van der Waals surface area (Å²) in [5.74, 6) is 0.130. The van der Waals surface area contributed by atoms with E-state index >= 15 is 0 Å². The second kappa shape index (κ2) is 5.15. The van der Waals surface area contributed by atoms with Crippen LogP contribution in [0.25, 0.3) is 0 Å². The van der Waals surface area contributed by atoms with Crippen molar-refractivity contribution in [1.29, 1.82) is 0 Å². The Balaban J connectivity index is 1.94. The van der Waals surface area contributed by atoms with Crippen molar-refractivity contribution >= 4 is 32.8 Å². The first kappa shape index (κ1) is 14.1. The average molecular weight is 328 g/mol. The Kier molecular flexibility index (Phi) is 3.62. The fourth-order valence-corrected chi connectivity index (χ4v) is 5.38. The van der Waals surface area contributed by atoms with Gasteiger partial charge < -0.3 is 0 Å². The number of thiophene rings is 1. The summed E-state index contributed by atoms with van der Waals surface area (Å²) in [5.41, 5.74) is 0.816. The van der Waals surface area contributed by atoms with Crippen molar-refractivity contribution in [1.82, 2.24) is 4.90 Å². The summed E-state index contributed by atoms with van der Waals surface area (Å²) in [7, 11) is -1.24. The predicted molar refractivity (Wildman–Crippen MR) is 82.0 cm³/mol. The highest BCUT2D eigenvalue weighted by Gasteiger charge is 2.36. The molecule has 0 radical (unpaired) electrons. The van der Waals surface area contributed by atoms with Crippen molar-refractivity contribution < 1.29 is 8.42 Å². The van der Waals surface area contributed by atoms with Crippen molar-refractivity contribution in [2.75, 3.05) is 12.8 Å². The zero-order valence-corrected chi connectivity index (χ0v) is 13.3. The van der Waals surface area contributed by atoms with Crippen molar-refractivity contribution in [3.8, 4) is 0 Å². The summed E-state index contributed by atoms with van der Waals surface area (Å²) in [6.45, 7) is 0.740. The second-order valence-electron chi connectivity index (χ2n) is 4.97. The molecule has 1 aliphatic heterocycles. The van der Waals surface area contributed by atoms with Crippen molar-refractivity contribution in [2.24, 2.45) is 0 Å². The van der Waals surface area contributed by atoms with Gasteiger partial charge in [0.25, 0.3) is 0 Å². The molecule has 0 fully saturated rings. The van der Waals surface area contributed by atoms with Gasteiger partial charge in [-0.05, 0) is 42.3 Å². The maximum Gasteiger partial charge on any atom is 0.180 e. The third-order valence-corrected chi connectivity index (χ3v) is 6.45. The van der Waals surface area contributed by atoms with Gasteiger partial charge in [0.15, 0.2) is 9.84 Å². The van der Waals surface area contributed by atoms with Gasteiger partial charge in [0.1, 0.15) is 0 Å². The highest BCUT2D eigenvalue weighted by atomic mass is 35.5. The SMILES string of the molecule is CN(Cc1cccs1)[C@@H]1CS(=O)(=O)c2ccc(Cl)cc21. The number of sulfone groups is 1. The quantitative estimate of drug-likeness (QED) is 0.867. The maximum atomic E-state index is 12.2. The molecule has 0 saturated carbocycles. The lowest BCUT2D eigenvalue weighted by Crippen LogP contribution is -2.25. The first-order valence-corrected chi connectivity index (χ1v) is 9.13. The summed E-state index contributed by atoms with van der Waals surface area (Å²) in [6, 6.07) is 8.96. The zero-order chi connectivity index (χ0) is 14.3. The van der Waals surface area contributed by atoms with E-state index in [-0.39, 0.29) is 11.8 Å². The van der Waals surface area contributed by atoms with Crippen LogP contribution in [0.5, 0.6) is 0 Å². The van der Waals surface area contributed by atoms with Crippen LogP contribution >= 0.6 is 22.9 Å². The molecule has 2 heterocycles. The molecule has 2 aromatic rings. The van der Waals surface area contributed by atoms with Crippen LogP contribution in [-0.4, -0.2) is 26.1 Å². The minimum atomic E-state index is -3.19. The van der Waals surface area contributed by atoms with Crippen LogP contribution in [0.4, 0.5) is 0 Å². The van der Waals surface area contributed by atoms with Crippen LogP contribution in [0, 0.1) is 0 Å². The molecule has 0 spiro atoms. The number of fused-ring (bicyclic) bond motifs is 1. The molecule has 1 aliphatic rings. The van der Waals surface area contributed by atoms with Gasteiger partial charge in [-0.2, -0.15) is 0 Å². The third kappa shape index (κ3) is 2.51. The smallest absolute Gasteiger partial charge is 0.180 e. The van der Waals surface area contributed by atoms with E-state index in [9.17, 15) is 8.42 Å². The fourth-order valence-electron chi connectivity index (χ4n) is 2.57. The van der Waals surface area contributed by atoms with Gasteiger partial charge >= 0.3 is 0 Å². The van der Waals surface area contributed by atoms with Crippen molar-refractivity contribution in [2.45, 2.75) is 17.5 Å². The highest BCUT2D eigenvalue weighted by Crippen LogP contribution is 2.38. The lowest BCUT2D eigenvalue weighted by Gasteiger charge is -2.23. The molecule has 6 heteroatoms. The summed E-state index contributed by atoms with van der Waals surface area (Å²) < 4.78 is 24.4. The zero-order valence-electron chi connectivity index (χ0n) is 10.9. The first-order valence-electron chi connectivity index (χ1n) is 6.22. The Morgan fingerprint density at radius 3 is 2.90 bits per heavy atom. The van der Waals surface area contributed by atoms with Gasteiger partial charge in [0.2, 0.25) is 0 Å². The minimum Gasteiger partial charge on any atom is -0.293 e. The molecule has 106 valence electrons. The van der Waals surface area contributed by atoms with Gasteiger partial charge in [0.05, 0.1) is 16.7 Å².